The van der Waals surface area contributed by atoms with E-state index in [4.69, 9.17) is 14.2 Å². The maximum atomic E-state index is 6.11. The van der Waals surface area contributed by atoms with Gasteiger partial charge < -0.3 is 42.7 Å². The van der Waals surface area contributed by atoms with Crippen molar-refractivity contribution < 1.29 is 42.7 Å². The Morgan fingerprint density at radius 1 is 0.532 bits per heavy atom. The molecule has 0 aromatic heterocycles. The summed E-state index contributed by atoms with van der Waals surface area (Å²) in [7, 11) is 4.20. The SMILES string of the molecule is COCCOCCOCC[N+]1(C)CC2c3cc4c5c6c(cc7ccc8cc9c%10c%11c(cc(c%12c3c5c(c%12%11)c3c6c7c8c%103)C2C1)C9)C4.[I-]. The highest BCUT2D eigenvalue weighted by Crippen LogP contribution is 2.65. The Morgan fingerprint density at radius 3 is 1.47 bits per heavy atom. The quantitative estimate of drug-likeness (QED) is 0.0883. The lowest BCUT2D eigenvalue weighted by molar-refractivity contribution is -0.899. The third kappa shape index (κ3) is 2.85. The van der Waals surface area contributed by atoms with Crippen LogP contribution < -0.4 is 24.0 Å². The molecule has 4 aliphatic rings. The van der Waals surface area contributed by atoms with Crippen LogP contribution in [0.15, 0.2) is 36.4 Å². The van der Waals surface area contributed by atoms with Gasteiger partial charge in [0.15, 0.2) is 0 Å². The molecule has 0 N–H and O–H groups in total. The Balaban J connectivity index is 0.00000259. The van der Waals surface area contributed by atoms with Crippen LogP contribution in [0.3, 0.4) is 0 Å². The molecule has 232 valence electrons. The van der Waals surface area contributed by atoms with Gasteiger partial charge in [-0.2, -0.15) is 0 Å². The number of fused-ring (bicyclic) bond motifs is 3. The highest BCUT2D eigenvalue weighted by molar-refractivity contribution is 6.58. The van der Waals surface area contributed by atoms with Gasteiger partial charge in [0.1, 0.15) is 6.54 Å². The summed E-state index contributed by atoms with van der Waals surface area (Å²) in [4.78, 5) is 0. The van der Waals surface area contributed by atoms with Gasteiger partial charge in [-0.25, -0.2) is 0 Å². The van der Waals surface area contributed by atoms with Gasteiger partial charge in [0.25, 0.3) is 0 Å². The molecule has 1 saturated heterocycles. The molecule has 3 aliphatic carbocycles. The van der Waals surface area contributed by atoms with Gasteiger partial charge in [-0.1, -0.05) is 36.4 Å². The molecular weight excluding hydrogens is 693 g/mol. The lowest BCUT2D eigenvalue weighted by Gasteiger charge is -2.30. The minimum Gasteiger partial charge on any atom is -1.00 e. The van der Waals surface area contributed by atoms with Gasteiger partial charge in [0, 0.05) is 18.9 Å². The normalized spacial score (nSPS) is 22.6. The first-order valence-electron chi connectivity index (χ1n) is 17.4. The number of halogens is 1. The molecule has 2 atom stereocenters. The number of rotatable bonds is 9. The Bertz CT molecular complexity index is 2610. The first-order valence-corrected chi connectivity index (χ1v) is 17.4. The summed E-state index contributed by atoms with van der Waals surface area (Å²) in [5.41, 5.74) is 9.60. The van der Waals surface area contributed by atoms with Crippen LogP contribution in [0.2, 0.25) is 0 Å². The van der Waals surface area contributed by atoms with Crippen molar-refractivity contribution >= 4 is 86.2 Å². The van der Waals surface area contributed by atoms with Crippen molar-refractivity contribution in [1.29, 1.82) is 0 Å². The maximum absolute atomic E-state index is 6.11. The van der Waals surface area contributed by atoms with Gasteiger partial charge in [0.2, 0.25) is 0 Å². The van der Waals surface area contributed by atoms with E-state index in [1.807, 2.05) is 0 Å². The highest BCUT2D eigenvalue weighted by Gasteiger charge is 2.49. The van der Waals surface area contributed by atoms with Crippen LogP contribution in [0, 0.1) is 0 Å². The smallest absolute Gasteiger partial charge is 0.102 e. The number of benzene rings is 7. The molecule has 0 radical (unpaired) electrons. The fourth-order valence-corrected chi connectivity index (χ4v) is 11.9. The molecule has 0 amide bonds. The molecule has 1 aliphatic heterocycles. The first kappa shape index (κ1) is 26.8. The molecule has 1 heterocycles. The van der Waals surface area contributed by atoms with Crippen molar-refractivity contribution in [3.05, 3.63) is 69.8 Å². The van der Waals surface area contributed by atoms with E-state index in [1.165, 1.54) is 23.9 Å². The van der Waals surface area contributed by atoms with Gasteiger partial charge in [-0.15, -0.1) is 0 Å². The van der Waals surface area contributed by atoms with Gasteiger partial charge in [-0.3, -0.25) is 0 Å². The summed E-state index contributed by atoms with van der Waals surface area (Å²) in [6.45, 7) is 6.76. The second-order valence-electron chi connectivity index (χ2n) is 15.6. The van der Waals surface area contributed by atoms with Crippen LogP contribution in [0.25, 0.3) is 86.2 Å². The summed E-state index contributed by atoms with van der Waals surface area (Å²) in [5, 5.41) is 25.2. The molecule has 0 spiro atoms. The van der Waals surface area contributed by atoms with Gasteiger partial charge in [-0.05, 0) is 132 Å². The lowest BCUT2D eigenvalue weighted by Crippen LogP contribution is -3.00. The molecule has 2 unspecified atom stereocenters. The van der Waals surface area contributed by atoms with E-state index in [2.05, 4.69) is 43.4 Å². The van der Waals surface area contributed by atoms with Crippen LogP contribution in [-0.2, 0) is 27.1 Å². The predicted octanol–water partition coefficient (Wildman–Crippen LogP) is 5.23. The number of likely N-dealkylation sites (tertiary alicyclic amines) is 1. The Labute approximate surface area is 288 Å². The third-order valence-electron chi connectivity index (χ3n) is 13.4. The van der Waals surface area contributed by atoms with E-state index in [0.29, 0.717) is 38.3 Å². The Kier molecular flexibility index (Phi) is 4.88. The number of hydrogen-bond donors (Lipinski definition) is 0. The average Bonchev–Trinajstić information content (AvgIpc) is 3.85. The molecule has 9 aromatic carbocycles. The summed E-state index contributed by atoms with van der Waals surface area (Å²) in [6.07, 6.45) is 2.15. The van der Waals surface area contributed by atoms with E-state index < -0.39 is 0 Å². The van der Waals surface area contributed by atoms with Crippen LogP contribution in [0.1, 0.15) is 45.2 Å². The van der Waals surface area contributed by atoms with E-state index >= 15 is 0 Å². The molecule has 47 heavy (non-hydrogen) atoms. The van der Waals surface area contributed by atoms with Crippen molar-refractivity contribution in [1.82, 2.24) is 0 Å². The molecule has 0 saturated carbocycles. The number of nitrogens with zero attached hydrogens (tertiary/aromatic N) is 1. The van der Waals surface area contributed by atoms with E-state index in [1.54, 1.807) is 116 Å². The summed E-state index contributed by atoms with van der Waals surface area (Å²) in [5.74, 6) is 1.12. The zero-order valence-electron chi connectivity index (χ0n) is 26.7. The van der Waals surface area contributed by atoms with Crippen LogP contribution in [0.5, 0.6) is 0 Å². The van der Waals surface area contributed by atoms with Crippen LogP contribution in [0.4, 0.5) is 0 Å². The van der Waals surface area contributed by atoms with E-state index in [-0.39, 0.29) is 24.0 Å². The number of likely N-dealkylation sites (N-methyl/N-ethyl adjacent to an activating group) is 1. The van der Waals surface area contributed by atoms with Crippen molar-refractivity contribution in [2.24, 2.45) is 0 Å². The zero-order valence-corrected chi connectivity index (χ0v) is 28.9. The number of quaternary nitrogens is 1. The van der Waals surface area contributed by atoms with Crippen LogP contribution in [-0.4, -0.2) is 71.3 Å². The minimum atomic E-state index is 0. The highest BCUT2D eigenvalue weighted by atomic mass is 127. The van der Waals surface area contributed by atoms with Gasteiger partial charge in [0.05, 0.1) is 53.2 Å². The number of ether oxygens (including phenoxy) is 3. The van der Waals surface area contributed by atoms with E-state index in [9.17, 15) is 0 Å². The summed E-state index contributed by atoms with van der Waals surface area (Å²) in [6, 6.07) is 15.3. The van der Waals surface area contributed by atoms with Crippen LogP contribution >= 0.6 is 0 Å². The zero-order chi connectivity index (χ0) is 29.8. The average molecular weight is 728 g/mol. The molecule has 1 fully saturated rings. The fraction of sp³-hybridized carbons (Fsp3) is 0.333. The van der Waals surface area contributed by atoms with Gasteiger partial charge >= 0.3 is 0 Å². The van der Waals surface area contributed by atoms with E-state index in [0.717, 1.165) is 30.5 Å². The van der Waals surface area contributed by atoms with Crippen molar-refractivity contribution in [2.75, 3.05) is 66.8 Å². The largest absolute Gasteiger partial charge is 1.00 e. The molecule has 5 heteroatoms. The molecular formula is C42H34INO3. The standard InChI is InChI=1S/C42H34NO3.HI/c1-43(5-6-45-9-10-46-8-7-44-2)17-27-25-15-23-13-21-11-19-3-4-20-12-22-14-24-16-26(28(27)18-43)36-35(25)39-33(23)31(21)37-29(19)30(20)38-32(22)34(24)40(36)42(39)41(37)38;/h3-4,11-12,15-16,27-28H,5-10,13-14,17-18H2,1-2H3;1H/q+1;/p-1. The Hall–Kier alpha value is -3.07. The lowest BCUT2D eigenvalue weighted by atomic mass is 9.75. The first-order chi connectivity index (χ1) is 22.6. The molecule has 13 rings (SSSR count). The monoisotopic (exact) mass is 727 g/mol. The second kappa shape index (κ2) is 8.55. The summed E-state index contributed by atoms with van der Waals surface area (Å²) < 4.78 is 17.9. The maximum Gasteiger partial charge on any atom is 0.102 e. The summed E-state index contributed by atoms with van der Waals surface area (Å²) >= 11 is 0. The molecule has 0 bridgehead atoms. The van der Waals surface area contributed by atoms with Crippen molar-refractivity contribution in [3.63, 3.8) is 0 Å². The van der Waals surface area contributed by atoms with Crippen molar-refractivity contribution in [2.45, 2.75) is 24.7 Å². The molecule has 9 aromatic rings. The fourth-order valence-electron chi connectivity index (χ4n) is 11.9. The van der Waals surface area contributed by atoms with Crippen molar-refractivity contribution in [3.8, 4) is 0 Å². The third-order valence-corrected chi connectivity index (χ3v) is 13.4. The Morgan fingerprint density at radius 2 is 0.957 bits per heavy atom. The topological polar surface area (TPSA) is 27.7 Å². The number of hydrogen-bond acceptors (Lipinski definition) is 3. The minimum absolute atomic E-state index is 0. The molecule has 4 nitrogen and oxygen atoms in total. The predicted molar refractivity (Wildman–Crippen MR) is 188 cm³/mol. The second-order valence-corrected chi connectivity index (χ2v) is 15.6. The number of methoxy groups -OCH3 is 1.